The van der Waals surface area contributed by atoms with Crippen LogP contribution in [0, 0.1) is 0 Å². The first-order valence-electron chi connectivity index (χ1n) is 6.97. The van der Waals surface area contributed by atoms with Gasteiger partial charge in [-0.25, -0.2) is 0 Å². The molecule has 0 atom stereocenters. The number of rotatable bonds is 3. The van der Waals surface area contributed by atoms with Gasteiger partial charge in [0.25, 0.3) is 5.91 Å². The minimum atomic E-state index is -0.111. The quantitative estimate of drug-likeness (QED) is 0.796. The Kier molecular flexibility index (Phi) is 4.69. The van der Waals surface area contributed by atoms with E-state index in [-0.39, 0.29) is 11.3 Å². The summed E-state index contributed by atoms with van der Waals surface area (Å²) in [6, 6.07) is 15.3. The monoisotopic (exact) mass is 301 g/mol. The number of hydrogen-bond acceptors (Lipinski definition) is 1. The van der Waals surface area contributed by atoms with Crippen LogP contribution < -0.4 is 5.32 Å². The molecule has 0 aliphatic heterocycles. The molecule has 0 fully saturated rings. The van der Waals surface area contributed by atoms with Crippen LogP contribution in [0.25, 0.3) is 0 Å². The van der Waals surface area contributed by atoms with Crippen molar-refractivity contribution in [3.63, 3.8) is 0 Å². The Hall–Kier alpha value is -1.80. The van der Waals surface area contributed by atoms with Crippen molar-refractivity contribution < 1.29 is 4.79 Å². The molecule has 2 rings (SSSR count). The topological polar surface area (TPSA) is 29.1 Å². The standard InChI is InChI=1S/C18H20ClNO/c1-18(2,3)15-8-10-16(11-9-15)20-17(21)14-6-4-13(12-19)5-7-14/h4-11H,12H2,1-3H3,(H,20,21). The van der Waals surface area contributed by atoms with Crippen LogP contribution in [0.5, 0.6) is 0 Å². The maximum atomic E-state index is 12.2. The normalized spacial score (nSPS) is 11.2. The predicted octanol–water partition coefficient (Wildman–Crippen LogP) is 4.98. The second-order valence-electron chi connectivity index (χ2n) is 6.11. The molecule has 0 aliphatic carbocycles. The molecular formula is C18H20ClNO. The minimum Gasteiger partial charge on any atom is -0.322 e. The lowest BCUT2D eigenvalue weighted by atomic mass is 9.87. The Bertz CT molecular complexity index is 609. The van der Waals surface area contributed by atoms with Crippen LogP contribution in [-0.2, 0) is 11.3 Å². The van der Waals surface area contributed by atoms with Gasteiger partial charge in [0.05, 0.1) is 0 Å². The third kappa shape index (κ3) is 4.08. The molecule has 2 nitrogen and oxygen atoms in total. The van der Waals surface area contributed by atoms with E-state index in [1.807, 2.05) is 36.4 Å². The number of nitrogens with one attached hydrogen (secondary N) is 1. The van der Waals surface area contributed by atoms with Gasteiger partial charge in [-0.15, -0.1) is 11.6 Å². The molecule has 0 saturated carbocycles. The van der Waals surface area contributed by atoms with Crippen molar-refractivity contribution in [2.45, 2.75) is 32.1 Å². The highest BCUT2D eigenvalue weighted by atomic mass is 35.5. The Balaban J connectivity index is 2.08. The van der Waals surface area contributed by atoms with Crippen LogP contribution in [0.4, 0.5) is 5.69 Å². The zero-order valence-corrected chi connectivity index (χ0v) is 13.4. The van der Waals surface area contributed by atoms with Gasteiger partial charge in [0, 0.05) is 17.1 Å². The summed E-state index contributed by atoms with van der Waals surface area (Å²) in [5.41, 5.74) is 3.79. The van der Waals surface area contributed by atoms with Crippen molar-refractivity contribution in [3.8, 4) is 0 Å². The number of carbonyl (C=O) groups excluding carboxylic acids is 1. The summed E-state index contributed by atoms with van der Waals surface area (Å²) in [6.45, 7) is 6.50. The van der Waals surface area contributed by atoms with E-state index in [1.165, 1.54) is 5.56 Å². The van der Waals surface area contributed by atoms with Gasteiger partial charge in [0.1, 0.15) is 0 Å². The van der Waals surface area contributed by atoms with Gasteiger partial charge >= 0.3 is 0 Å². The van der Waals surface area contributed by atoms with E-state index in [0.29, 0.717) is 11.4 Å². The molecule has 0 aliphatic rings. The second-order valence-corrected chi connectivity index (χ2v) is 6.38. The lowest BCUT2D eigenvalue weighted by Gasteiger charge is -2.19. The van der Waals surface area contributed by atoms with Crippen molar-refractivity contribution in [1.29, 1.82) is 0 Å². The number of alkyl halides is 1. The van der Waals surface area contributed by atoms with Crippen molar-refractivity contribution in [2.75, 3.05) is 5.32 Å². The van der Waals surface area contributed by atoms with Crippen molar-refractivity contribution in [3.05, 3.63) is 65.2 Å². The van der Waals surface area contributed by atoms with E-state index in [0.717, 1.165) is 11.3 Å². The van der Waals surface area contributed by atoms with Gasteiger partial charge in [-0.1, -0.05) is 45.0 Å². The molecule has 0 heterocycles. The number of anilines is 1. The fourth-order valence-electron chi connectivity index (χ4n) is 2.00. The van der Waals surface area contributed by atoms with Gasteiger partial charge < -0.3 is 5.32 Å². The minimum absolute atomic E-state index is 0.111. The number of benzene rings is 2. The van der Waals surface area contributed by atoms with E-state index in [9.17, 15) is 4.79 Å². The van der Waals surface area contributed by atoms with Crippen molar-refractivity contribution in [1.82, 2.24) is 0 Å². The van der Waals surface area contributed by atoms with Gasteiger partial charge in [0.15, 0.2) is 0 Å². The molecule has 1 N–H and O–H groups in total. The summed E-state index contributed by atoms with van der Waals surface area (Å²) in [5.74, 6) is 0.343. The summed E-state index contributed by atoms with van der Waals surface area (Å²) in [4.78, 5) is 12.2. The third-order valence-electron chi connectivity index (χ3n) is 3.38. The maximum absolute atomic E-state index is 12.2. The number of carbonyl (C=O) groups is 1. The maximum Gasteiger partial charge on any atom is 0.255 e. The molecule has 0 spiro atoms. The van der Waals surface area contributed by atoms with Crippen molar-refractivity contribution in [2.24, 2.45) is 0 Å². The fourth-order valence-corrected chi connectivity index (χ4v) is 2.18. The Labute approximate surface area is 131 Å². The molecule has 2 aromatic rings. The smallest absolute Gasteiger partial charge is 0.255 e. The Morgan fingerprint density at radius 3 is 2.05 bits per heavy atom. The first-order valence-corrected chi connectivity index (χ1v) is 7.50. The van der Waals surface area contributed by atoms with E-state index >= 15 is 0 Å². The molecule has 21 heavy (non-hydrogen) atoms. The molecule has 0 bridgehead atoms. The summed E-state index contributed by atoms with van der Waals surface area (Å²) >= 11 is 5.74. The summed E-state index contributed by atoms with van der Waals surface area (Å²) < 4.78 is 0. The first kappa shape index (κ1) is 15.6. The summed E-state index contributed by atoms with van der Waals surface area (Å²) in [6.07, 6.45) is 0. The van der Waals surface area contributed by atoms with Gasteiger partial charge in [-0.2, -0.15) is 0 Å². The highest BCUT2D eigenvalue weighted by Gasteiger charge is 2.13. The van der Waals surface area contributed by atoms with Gasteiger partial charge in [-0.3, -0.25) is 4.79 Å². The van der Waals surface area contributed by atoms with E-state index in [1.54, 1.807) is 12.1 Å². The number of amides is 1. The second kappa shape index (κ2) is 6.31. The van der Waals surface area contributed by atoms with Crippen LogP contribution in [-0.4, -0.2) is 5.91 Å². The predicted molar refractivity (Wildman–Crippen MR) is 89.1 cm³/mol. The molecule has 0 saturated heterocycles. The van der Waals surface area contributed by atoms with Crippen LogP contribution in [0.1, 0.15) is 42.3 Å². The Morgan fingerprint density at radius 1 is 1.00 bits per heavy atom. The fraction of sp³-hybridized carbons (Fsp3) is 0.278. The van der Waals surface area contributed by atoms with E-state index in [2.05, 4.69) is 26.1 Å². The molecule has 0 unspecified atom stereocenters. The number of hydrogen-bond donors (Lipinski definition) is 1. The lowest BCUT2D eigenvalue weighted by molar-refractivity contribution is 0.102. The van der Waals surface area contributed by atoms with Gasteiger partial charge in [-0.05, 0) is 40.8 Å². The average Bonchev–Trinajstić information content (AvgIpc) is 2.47. The Morgan fingerprint density at radius 2 is 1.57 bits per heavy atom. The number of halogens is 1. The van der Waals surface area contributed by atoms with E-state index < -0.39 is 0 Å². The SMILES string of the molecule is CC(C)(C)c1ccc(NC(=O)c2ccc(CCl)cc2)cc1. The van der Waals surface area contributed by atoms with Gasteiger partial charge in [0.2, 0.25) is 0 Å². The molecule has 110 valence electrons. The first-order chi connectivity index (χ1) is 9.90. The third-order valence-corrected chi connectivity index (χ3v) is 3.69. The summed E-state index contributed by atoms with van der Waals surface area (Å²) in [7, 11) is 0. The zero-order valence-electron chi connectivity index (χ0n) is 12.6. The zero-order chi connectivity index (χ0) is 15.5. The molecule has 2 aromatic carbocycles. The summed E-state index contributed by atoms with van der Waals surface area (Å²) in [5, 5.41) is 2.90. The van der Waals surface area contributed by atoms with E-state index in [4.69, 9.17) is 11.6 Å². The highest BCUT2D eigenvalue weighted by Crippen LogP contribution is 2.23. The highest BCUT2D eigenvalue weighted by molar-refractivity contribution is 6.17. The van der Waals surface area contributed by atoms with Crippen LogP contribution in [0.3, 0.4) is 0 Å². The van der Waals surface area contributed by atoms with Crippen molar-refractivity contribution >= 4 is 23.2 Å². The van der Waals surface area contributed by atoms with Crippen LogP contribution in [0.2, 0.25) is 0 Å². The molecule has 3 heteroatoms. The largest absolute Gasteiger partial charge is 0.322 e. The molecule has 0 radical (unpaired) electrons. The molecular weight excluding hydrogens is 282 g/mol. The lowest BCUT2D eigenvalue weighted by Crippen LogP contribution is -2.13. The van der Waals surface area contributed by atoms with Crippen LogP contribution >= 0.6 is 11.6 Å². The average molecular weight is 302 g/mol. The van der Waals surface area contributed by atoms with Crippen LogP contribution in [0.15, 0.2) is 48.5 Å². The molecule has 1 amide bonds. The molecule has 0 aromatic heterocycles.